The fourth-order valence-electron chi connectivity index (χ4n) is 4.14. The molecule has 0 bridgehead atoms. The lowest BCUT2D eigenvalue weighted by molar-refractivity contribution is -0.137. The number of anilines is 2. The van der Waals surface area contributed by atoms with Crippen molar-refractivity contribution < 1.29 is 24.4 Å². The molecule has 0 unspecified atom stereocenters. The number of para-hydroxylation sites is 2. The summed E-state index contributed by atoms with van der Waals surface area (Å²) >= 11 is 0. The minimum Gasteiger partial charge on any atom is -0.324 e. The Morgan fingerprint density at radius 1 is 0.667 bits per heavy atom. The molecule has 2 aromatic carbocycles. The first kappa shape index (κ1) is 27.1. The zero-order chi connectivity index (χ0) is 27.6. The van der Waals surface area contributed by atoms with Crippen molar-refractivity contribution in [2.24, 2.45) is 0 Å². The number of hydroxylamine groups is 1. The molecule has 11 nitrogen and oxygen atoms in total. The molecule has 0 saturated carbocycles. The van der Waals surface area contributed by atoms with Crippen LogP contribution in [0.5, 0.6) is 0 Å². The molecule has 0 spiro atoms. The second kappa shape index (κ2) is 13.1. The van der Waals surface area contributed by atoms with Gasteiger partial charge in [0.25, 0.3) is 0 Å². The van der Waals surface area contributed by atoms with Gasteiger partial charge in [-0.25, -0.2) is 5.48 Å². The Morgan fingerprint density at radius 2 is 1.15 bits per heavy atom. The van der Waals surface area contributed by atoms with Crippen molar-refractivity contribution in [3.63, 3.8) is 0 Å². The van der Waals surface area contributed by atoms with Crippen molar-refractivity contribution >= 4 is 56.8 Å². The summed E-state index contributed by atoms with van der Waals surface area (Å²) in [6.07, 6.45) is 4.01. The Bertz CT molecular complexity index is 1400. The molecule has 2 aromatic heterocycles. The van der Waals surface area contributed by atoms with Crippen molar-refractivity contribution in [2.75, 3.05) is 23.7 Å². The molecule has 0 aliphatic rings. The van der Waals surface area contributed by atoms with E-state index < -0.39 is 23.6 Å². The number of hydrogen-bond donors (Lipinski definition) is 4. The predicted molar refractivity (Wildman–Crippen MR) is 146 cm³/mol. The summed E-state index contributed by atoms with van der Waals surface area (Å²) in [6, 6.07) is 18.1. The zero-order valence-corrected chi connectivity index (χ0v) is 21.1. The lowest BCUT2D eigenvalue weighted by Gasteiger charge is -2.22. The number of amides is 4. The smallest absolute Gasteiger partial charge is 0.244 e. The topological polar surface area (TPSA) is 154 Å². The molecule has 0 saturated heterocycles. The third kappa shape index (κ3) is 7.33. The number of unbranched alkanes of at least 4 members (excludes halogenated alkanes) is 1. The number of nitrogens with one attached hydrogen (secondary N) is 3. The zero-order valence-electron chi connectivity index (χ0n) is 21.1. The lowest BCUT2D eigenvalue weighted by atomic mass is 10.1. The SMILES string of the molecule is O=C(CCCCC(=O)N(CC(=O)Nc1cccc2cccnc12)CC(=O)Nc1cccc2cccnc12)NO. The van der Waals surface area contributed by atoms with E-state index in [2.05, 4.69) is 20.6 Å². The normalized spacial score (nSPS) is 10.7. The number of aromatic nitrogens is 2. The molecule has 11 heteroatoms. The van der Waals surface area contributed by atoms with Crippen LogP contribution in [0.3, 0.4) is 0 Å². The average Bonchev–Trinajstić information content (AvgIpc) is 2.95. The number of pyridine rings is 2. The first-order chi connectivity index (χ1) is 18.9. The third-order valence-corrected chi connectivity index (χ3v) is 6.00. The van der Waals surface area contributed by atoms with Crippen LogP contribution in [-0.2, 0) is 19.2 Å². The van der Waals surface area contributed by atoms with E-state index in [1.807, 2.05) is 24.3 Å². The first-order valence-corrected chi connectivity index (χ1v) is 12.4. The molecular weight excluding hydrogens is 500 g/mol. The van der Waals surface area contributed by atoms with E-state index in [-0.39, 0.29) is 25.9 Å². The largest absolute Gasteiger partial charge is 0.324 e. The Balaban J connectivity index is 1.45. The van der Waals surface area contributed by atoms with Crippen LogP contribution in [-0.4, -0.2) is 56.8 Å². The Hall–Kier alpha value is -4.90. The minimum absolute atomic E-state index is 0.0188. The van der Waals surface area contributed by atoms with Crippen LogP contribution in [0.25, 0.3) is 21.8 Å². The standard InChI is InChI=1S/C28H28N6O5/c35-23(33-39)13-1-2-14-26(38)34(17-24(36)31-21-11-3-7-19-9-5-15-29-27(19)21)18-25(37)32-22-12-4-8-20-10-6-16-30-28(20)22/h3-12,15-16,39H,1-2,13-14,17-18H2,(H,31,36)(H,32,37)(H,33,35). The van der Waals surface area contributed by atoms with Crippen molar-refractivity contribution in [3.05, 3.63) is 73.1 Å². The molecule has 4 amide bonds. The van der Waals surface area contributed by atoms with Gasteiger partial charge in [0.1, 0.15) is 13.1 Å². The fraction of sp³-hybridized carbons (Fsp3) is 0.214. The summed E-state index contributed by atoms with van der Waals surface area (Å²) in [4.78, 5) is 60.1. The Morgan fingerprint density at radius 3 is 1.67 bits per heavy atom. The van der Waals surface area contributed by atoms with Crippen LogP contribution >= 0.6 is 0 Å². The number of carbonyl (C=O) groups is 4. The van der Waals surface area contributed by atoms with Crippen molar-refractivity contribution in [3.8, 4) is 0 Å². The predicted octanol–water partition coefficient (Wildman–Crippen LogP) is 3.25. The number of rotatable bonds is 11. The van der Waals surface area contributed by atoms with Crippen LogP contribution < -0.4 is 16.1 Å². The van der Waals surface area contributed by atoms with Gasteiger partial charge >= 0.3 is 0 Å². The number of hydrogen-bond acceptors (Lipinski definition) is 7. The maximum atomic E-state index is 13.0. The van der Waals surface area contributed by atoms with E-state index in [4.69, 9.17) is 5.21 Å². The molecule has 0 radical (unpaired) electrons. The summed E-state index contributed by atoms with van der Waals surface area (Å²) in [5.41, 5.74) is 3.75. The summed E-state index contributed by atoms with van der Waals surface area (Å²) < 4.78 is 0. The highest BCUT2D eigenvalue weighted by molar-refractivity contribution is 6.04. The molecular formula is C28H28N6O5. The third-order valence-electron chi connectivity index (χ3n) is 6.00. The van der Waals surface area contributed by atoms with E-state index in [1.165, 1.54) is 4.90 Å². The molecule has 4 rings (SSSR count). The fourth-order valence-corrected chi connectivity index (χ4v) is 4.14. The highest BCUT2D eigenvalue weighted by Crippen LogP contribution is 2.22. The van der Waals surface area contributed by atoms with Gasteiger partial charge in [0.05, 0.1) is 22.4 Å². The average molecular weight is 529 g/mol. The molecule has 2 heterocycles. The van der Waals surface area contributed by atoms with Gasteiger partial charge in [-0.2, -0.15) is 0 Å². The Labute approximate surface area is 224 Å². The van der Waals surface area contributed by atoms with Gasteiger partial charge in [-0.15, -0.1) is 0 Å². The van der Waals surface area contributed by atoms with Gasteiger partial charge in [-0.05, 0) is 37.1 Å². The van der Waals surface area contributed by atoms with E-state index >= 15 is 0 Å². The molecule has 39 heavy (non-hydrogen) atoms. The van der Waals surface area contributed by atoms with Gasteiger partial charge in [0.15, 0.2) is 0 Å². The van der Waals surface area contributed by atoms with Crippen molar-refractivity contribution in [1.82, 2.24) is 20.3 Å². The molecule has 200 valence electrons. The number of nitrogens with zero attached hydrogens (tertiary/aromatic N) is 3. The molecule has 4 N–H and O–H groups in total. The van der Waals surface area contributed by atoms with E-state index in [0.717, 1.165) is 10.8 Å². The molecule has 0 fully saturated rings. The molecule has 0 atom stereocenters. The van der Waals surface area contributed by atoms with Crippen LogP contribution in [0.2, 0.25) is 0 Å². The van der Waals surface area contributed by atoms with Crippen molar-refractivity contribution in [1.29, 1.82) is 0 Å². The first-order valence-electron chi connectivity index (χ1n) is 12.4. The summed E-state index contributed by atoms with van der Waals surface area (Å²) in [5, 5.41) is 15.9. The highest BCUT2D eigenvalue weighted by Gasteiger charge is 2.21. The molecule has 4 aromatic rings. The lowest BCUT2D eigenvalue weighted by Crippen LogP contribution is -2.42. The van der Waals surface area contributed by atoms with Gasteiger partial charge in [0.2, 0.25) is 23.6 Å². The number of fused-ring (bicyclic) bond motifs is 2. The van der Waals surface area contributed by atoms with E-state index in [9.17, 15) is 19.2 Å². The van der Waals surface area contributed by atoms with E-state index in [0.29, 0.717) is 35.2 Å². The van der Waals surface area contributed by atoms with E-state index in [1.54, 1.807) is 54.3 Å². The number of carbonyl (C=O) groups excluding carboxylic acids is 4. The molecule has 0 aliphatic carbocycles. The van der Waals surface area contributed by atoms with Gasteiger partial charge < -0.3 is 15.5 Å². The monoisotopic (exact) mass is 528 g/mol. The minimum atomic E-state index is -0.551. The second-order valence-corrected chi connectivity index (χ2v) is 8.85. The van der Waals surface area contributed by atoms with Gasteiger partial charge in [0, 0.05) is 36.0 Å². The summed E-state index contributed by atoms with van der Waals surface area (Å²) in [6.45, 7) is -0.721. The number of benzene rings is 2. The second-order valence-electron chi connectivity index (χ2n) is 8.85. The van der Waals surface area contributed by atoms with Crippen LogP contribution in [0.1, 0.15) is 25.7 Å². The van der Waals surface area contributed by atoms with Crippen LogP contribution in [0.15, 0.2) is 73.1 Å². The maximum Gasteiger partial charge on any atom is 0.244 e. The molecule has 0 aliphatic heterocycles. The van der Waals surface area contributed by atoms with Gasteiger partial charge in [-0.1, -0.05) is 36.4 Å². The Kier molecular flexibility index (Phi) is 9.09. The van der Waals surface area contributed by atoms with Crippen LogP contribution in [0.4, 0.5) is 11.4 Å². The summed E-state index contributed by atoms with van der Waals surface area (Å²) in [7, 11) is 0. The maximum absolute atomic E-state index is 13.0. The van der Waals surface area contributed by atoms with Crippen molar-refractivity contribution in [2.45, 2.75) is 25.7 Å². The van der Waals surface area contributed by atoms with Gasteiger partial charge in [-0.3, -0.25) is 34.4 Å². The van der Waals surface area contributed by atoms with Crippen LogP contribution in [0, 0.1) is 0 Å². The quantitative estimate of drug-likeness (QED) is 0.132. The summed E-state index contributed by atoms with van der Waals surface area (Å²) in [5.74, 6) is -1.94. The highest BCUT2D eigenvalue weighted by atomic mass is 16.5.